The summed E-state index contributed by atoms with van der Waals surface area (Å²) in [6, 6.07) is 17.4. The molecule has 0 aliphatic heterocycles. The molecule has 0 bridgehead atoms. The van der Waals surface area contributed by atoms with E-state index in [4.69, 9.17) is 13.9 Å². The molecular formula is C25H27NO4. The third-order valence-electron chi connectivity index (χ3n) is 4.22. The quantitative estimate of drug-likeness (QED) is 0.377. The van der Waals surface area contributed by atoms with E-state index in [0.29, 0.717) is 18.9 Å². The van der Waals surface area contributed by atoms with E-state index in [1.807, 2.05) is 82.3 Å². The molecule has 0 fully saturated rings. The molecule has 3 rings (SSSR count). The van der Waals surface area contributed by atoms with Crippen LogP contribution in [0.5, 0.6) is 5.75 Å². The summed E-state index contributed by atoms with van der Waals surface area (Å²) >= 11 is 0. The Kier molecular flexibility index (Phi) is 6.72. The van der Waals surface area contributed by atoms with Crippen LogP contribution in [-0.2, 0) is 16.0 Å². The fraction of sp³-hybridized carbons (Fsp3) is 0.280. The number of ether oxygens (including phenoxy) is 2. The number of rotatable bonds is 7. The molecule has 0 saturated carbocycles. The van der Waals surface area contributed by atoms with Crippen molar-refractivity contribution in [3.63, 3.8) is 0 Å². The maximum atomic E-state index is 11.7. The summed E-state index contributed by atoms with van der Waals surface area (Å²) in [5, 5.41) is 0. The Balaban J connectivity index is 1.51. The van der Waals surface area contributed by atoms with E-state index in [-0.39, 0.29) is 5.97 Å². The maximum absolute atomic E-state index is 11.7. The van der Waals surface area contributed by atoms with Gasteiger partial charge in [0.15, 0.2) is 0 Å². The second-order valence-electron chi connectivity index (χ2n) is 7.92. The molecule has 0 aliphatic rings. The third-order valence-corrected chi connectivity index (χ3v) is 4.22. The number of benzene rings is 2. The van der Waals surface area contributed by atoms with Gasteiger partial charge in [-0.2, -0.15) is 0 Å². The SMILES string of the molecule is Cc1oc(-c2ccccc2)nc1CCOc1ccc(C=CC(=O)OC(C)(C)C)cc1. The second-order valence-corrected chi connectivity index (χ2v) is 7.92. The largest absolute Gasteiger partial charge is 0.493 e. The summed E-state index contributed by atoms with van der Waals surface area (Å²) in [6.07, 6.45) is 3.81. The molecule has 0 unspecified atom stereocenters. The molecule has 0 radical (unpaired) electrons. The molecule has 3 aromatic rings. The van der Waals surface area contributed by atoms with Crippen LogP contribution in [0.15, 0.2) is 65.1 Å². The lowest BCUT2D eigenvalue weighted by Crippen LogP contribution is -2.22. The van der Waals surface area contributed by atoms with Crippen molar-refractivity contribution in [2.24, 2.45) is 0 Å². The van der Waals surface area contributed by atoms with Crippen molar-refractivity contribution in [3.05, 3.63) is 77.7 Å². The highest BCUT2D eigenvalue weighted by Gasteiger charge is 2.14. The highest BCUT2D eigenvalue weighted by Crippen LogP contribution is 2.22. The van der Waals surface area contributed by atoms with Crippen LogP contribution >= 0.6 is 0 Å². The maximum Gasteiger partial charge on any atom is 0.331 e. The Morgan fingerprint density at radius 3 is 2.43 bits per heavy atom. The summed E-state index contributed by atoms with van der Waals surface area (Å²) < 4.78 is 16.9. The predicted molar refractivity (Wildman–Crippen MR) is 117 cm³/mol. The van der Waals surface area contributed by atoms with Crippen molar-refractivity contribution in [3.8, 4) is 17.2 Å². The molecule has 5 heteroatoms. The normalized spacial score (nSPS) is 11.6. The zero-order chi connectivity index (χ0) is 21.6. The summed E-state index contributed by atoms with van der Waals surface area (Å²) in [6.45, 7) is 7.94. The van der Waals surface area contributed by atoms with Gasteiger partial charge in [0.2, 0.25) is 5.89 Å². The van der Waals surface area contributed by atoms with Crippen molar-refractivity contribution in [2.75, 3.05) is 6.61 Å². The monoisotopic (exact) mass is 405 g/mol. The Hall–Kier alpha value is -3.34. The van der Waals surface area contributed by atoms with E-state index >= 15 is 0 Å². The van der Waals surface area contributed by atoms with Gasteiger partial charge in [-0.1, -0.05) is 30.3 Å². The number of aryl methyl sites for hydroxylation is 1. The topological polar surface area (TPSA) is 61.6 Å². The predicted octanol–water partition coefficient (Wildman–Crippen LogP) is 5.63. The Bertz CT molecular complexity index is 996. The molecular weight excluding hydrogens is 378 g/mol. The van der Waals surface area contributed by atoms with E-state index in [2.05, 4.69) is 4.98 Å². The van der Waals surface area contributed by atoms with Crippen molar-refractivity contribution in [1.82, 2.24) is 4.98 Å². The van der Waals surface area contributed by atoms with Crippen molar-refractivity contribution >= 4 is 12.0 Å². The molecule has 0 saturated heterocycles. The summed E-state index contributed by atoms with van der Waals surface area (Å²) in [7, 11) is 0. The van der Waals surface area contributed by atoms with Gasteiger partial charge in [0.05, 0.1) is 12.3 Å². The highest BCUT2D eigenvalue weighted by molar-refractivity contribution is 5.87. The van der Waals surface area contributed by atoms with Gasteiger partial charge >= 0.3 is 5.97 Å². The van der Waals surface area contributed by atoms with Crippen LogP contribution in [0, 0.1) is 6.92 Å². The van der Waals surface area contributed by atoms with E-state index in [9.17, 15) is 4.79 Å². The lowest BCUT2D eigenvalue weighted by molar-refractivity contribution is -0.148. The zero-order valence-corrected chi connectivity index (χ0v) is 17.8. The van der Waals surface area contributed by atoms with Gasteiger partial charge in [-0.3, -0.25) is 0 Å². The highest BCUT2D eigenvalue weighted by atomic mass is 16.6. The fourth-order valence-electron chi connectivity index (χ4n) is 2.80. The first-order chi connectivity index (χ1) is 14.3. The number of carbonyl (C=O) groups excluding carboxylic acids is 1. The molecule has 5 nitrogen and oxygen atoms in total. The van der Waals surface area contributed by atoms with E-state index in [1.54, 1.807) is 6.08 Å². The minimum Gasteiger partial charge on any atom is -0.493 e. The van der Waals surface area contributed by atoms with Crippen LogP contribution in [0.25, 0.3) is 17.5 Å². The van der Waals surface area contributed by atoms with Crippen molar-refractivity contribution in [2.45, 2.75) is 39.7 Å². The Morgan fingerprint density at radius 1 is 1.07 bits per heavy atom. The van der Waals surface area contributed by atoms with Crippen LogP contribution < -0.4 is 4.74 Å². The number of esters is 1. The van der Waals surface area contributed by atoms with Crippen LogP contribution in [0.2, 0.25) is 0 Å². The van der Waals surface area contributed by atoms with Crippen LogP contribution in [-0.4, -0.2) is 23.2 Å². The van der Waals surface area contributed by atoms with Gasteiger partial charge in [-0.15, -0.1) is 0 Å². The molecule has 156 valence electrons. The number of hydrogen-bond donors (Lipinski definition) is 0. The summed E-state index contributed by atoms with van der Waals surface area (Å²) in [5.74, 6) is 1.83. The number of nitrogens with zero attached hydrogens (tertiary/aromatic N) is 1. The minimum absolute atomic E-state index is 0.360. The van der Waals surface area contributed by atoms with Gasteiger partial charge in [0.1, 0.15) is 17.1 Å². The average molecular weight is 405 g/mol. The average Bonchev–Trinajstić information content (AvgIpc) is 3.07. The van der Waals surface area contributed by atoms with Gasteiger partial charge in [0.25, 0.3) is 0 Å². The van der Waals surface area contributed by atoms with Gasteiger partial charge < -0.3 is 13.9 Å². The summed E-state index contributed by atoms with van der Waals surface area (Å²) in [4.78, 5) is 16.3. The molecule has 30 heavy (non-hydrogen) atoms. The molecule has 0 atom stereocenters. The van der Waals surface area contributed by atoms with Crippen LogP contribution in [0.4, 0.5) is 0 Å². The number of aromatic nitrogens is 1. The number of oxazole rings is 1. The summed E-state index contributed by atoms with van der Waals surface area (Å²) in [5.41, 5.74) is 2.25. The smallest absolute Gasteiger partial charge is 0.331 e. The molecule has 0 amide bonds. The van der Waals surface area contributed by atoms with E-state index < -0.39 is 5.60 Å². The molecule has 0 N–H and O–H groups in total. The lowest BCUT2D eigenvalue weighted by atomic mass is 10.2. The Morgan fingerprint density at radius 2 is 1.77 bits per heavy atom. The number of carbonyl (C=O) groups is 1. The third kappa shape index (κ3) is 6.34. The molecule has 0 aliphatic carbocycles. The van der Waals surface area contributed by atoms with Crippen LogP contribution in [0.1, 0.15) is 37.8 Å². The first-order valence-electron chi connectivity index (χ1n) is 9.96. The minimum atomic E-state index is -0.497. The van der Waals surface area contributed by atoms with Crippen LogP contribution in [0.3, 0.4) is 0 Å². The van der Waals surface area contributed by atoms with E-state index in [0.717, 1.165) is 28.3 Å². The molecule has 1 heterocycles. The molecule has 2 aromatic carbocycles. The molecule has 0 spiro atoms. The first-order valence-corrected chi connectivity index (χ1v) is 9.96. The van der Waals surface area contributed by atoms with Gasteiger partial charge in [0, 0.05) is 18.1 Å². The number of hydrogen-bond acceptors (Lipinski definition) is 5. The lowest BCUT2D eigenvalue weighted by Gasteiger charge is -2.17. The van der Waals surface area contributed by atoms with E-state index in [1.165, 1.54) is 6.08 Å². The standard InChI is InChI=1S/C25H27NO4/c1-18-22(26-24(29-18)20-8-6-5-7-9-20)16-17-28-21-13-10-19(11-14-21)12-15-23(27)30-25(2,3)4/h5-15H,16-17H2,1-4H3. The first kappa shape index (κ1) is 21.4. The van der Waals surface area contributed by atoms with Gasteiger partial charge in [-0.05, 0) is 63.6 Å². The second kappa shape index (κ2) is 9.44. The Labute approximate surface area is 177 Å². The van der Waals surface area contributed by atoms with Crippen molar-refractivity contribution < 1.29 is 18.7 Å². The zero-order valence-electron chi connectivity index (χ0n) is 17.8. The van der Waals surface area contributed by atoms with Gasteiger partial charge in [-0.25, -0.2) is 9.78 Å². The molecule has 1 aromatic heterocycles. The fourth-order valence-corrected chi connectivity index (χ4v) is 2.80. The van der Waals surface area contributed by atoms with Crippen molar-refractivity contribution in [1.29, 1.82) is 0 Å².